The minimum absolute atomic E-state index is 0.0761. The zero-order chi connectivity index (χ0) is 22.8. The number of amides is 3. The second-order valence-electron chi connectivity index (χ2n) is 7.76. The highest BCUT2D eigenvalue weighted by molar-refractivity contribution is 9.11. The lowest BCUT2D eigenvalue weighted by molar-refractivity contribution is -0.125. The molecule has 4 rings (SSSR count). The number of carbonyl (C=O) groups excluding carboxylic acids is 3. The van der Waals surface area contributed by atoms with Gasteiger partial charge >= 0.3 is 0 Å². The Balaban J connectivity index is 1.54. The molecule has 0 aliphatic carbocycles. The fourth-order valence-corrected chi connectivity index (χ4v) is 5.38. The van der Waals surface area contributed by atoms with Crippen LogP contribution in [0.15, 0.2) is 34.1 Å². The van der Waals surface area contributed by atoms with Crippen molar-refractivity contribution in [2.45, 2.75) is 13.0 Å². The fourth-order valence-electron chi connectivity index (χ4n) is 4.09. The van der Waals surface area contributed by atoms with E-state index in [1.165, 1.54) is 11.3 Å². The Kier molecular flexibility index (Phi) is 6.94. The van der Waals surface area contributed by atoms with Gasteiger partial charge in [0.2, 0.25) is 5.91 Å². The van der Waals surface area contributed by atoms with Crippen molar-refractivity contribution in [1.82, 2.24) is 5.32 Å². The zero-order valence-corrected chi connectivity index (χ0v) is 20.2. The number of nitrogens with one attached hydrogen (secondary N) is 1. The summed E-state index contributed by atoms with van der Waals surface area (Å²) in [6.07, 6.45) is 0. The topological polar surface area (TPSA) is 88.2 Å². The van der Waals surface area contributed by atoms with E-state index in [0.29, 0.717) is 24.6 Å². The Morgan fingerprint density at radius 1 is 1.28 bits per heavy atom. The van der Waals surface area contributed by atoms with Gasteiger partial charge in [-0.25, -0.2) is 0 Å². The van der Waals surface area contributed by atoms with Crippen LogP contribution in [0.4, 0.5) is 11.4 Å². The van der Waals surface area contributed by atoms with Gasteiger partial charge in [-0.3, -0.25) is 14.4 Å². The first-order chi connectivity index (χ1) is 15.4. The number of thiophene rings is 1. The maximum absolute atomic E-state index is 13.2. The predicted octanol–water partition coefficient (Wildman–Crippen LogP) is 2.59. The minimum atomic E-state index is -0.479. The quantitative estimate of drug-likeness (QED) is 0.631. The van der Waals surface area contributed by atoms with Crippen molar-refractivity contribution in [1.29, 1.82) is 0 Å². The average molecular weight is 522 g/mol. The molecule has 3 amide bonds. The largest absolute Gasteiger partial charge is 0.384 e. The van der Waals surface area contributed by atoms with Crippen LogP contribution in [0.1, 0.15) is 15.2 Å². The van der Waals surface area contributed by atoms with Gasteiger partial charge < -0.3 is 24.6 Å². The van der Waals surface area contributed by atoms with Crippen LogP contribution in [-0.4, -0.2) is 63.8 Å². The lowest BCUT2D eigenvalue weighted by atomic mass is 10.0. The van der Waals surface area contributed by atoms with Crippen LogP contribution < -0.4 is 15.1 Å². The number of rotatable bonds is 6. The third-order valence-corrected chi connectivity index (χ3v) is 7.30. The molecule has 170 valence electrons. The summed E-state index contributed by atoms with van der Waals surface area (Å²) in [4.78, 5) is 42.0. The third kappa shape index (κ3) is 4.59. The highest BCUT2D eigenvalue weighted by Gasteiger charge is 2.42. The fraction of sp³-hybridized carbons (Fsp3) is 0.409. The molecule has 3 heterocycles. The van der Waals surface area contributed by atoms with Crippen molar-refractivity contribution in [3.8, 4) is 0 Å². The lowest BCUT2D eigenvalue weighted by Crippen LogP contribution is -2.42. The molecular formula is C22H24BrN3O5S. The van der Waals surface area contributed by atoms with Gasteiger partial charge in [-0.15, -0.1) is 11.3 Å². The summed E-state index contributed by atoms with van der Waals surface area (Å²) in [7, 11) is 1.55. The molecule has 2 fully saturated rings. The van der Waals surface area contributed by atoms with Crippen molar-refractivity contribution in [3.63, 3.8) is 0 Å². The standard InChI is InChI=1S/C22H24BrN3O5S/c1-13-9-14(3-4-17(13)25-7-8-31-12-20(25)27)26-10-16(15(11-30-2)22(26)29)24-21(28)18-5-6-19(23)32-18/h3-6,9,15-16H,7-8,10-12H2,1-2H3,(H,24,28)/t15-,16-/m0/s1. The normalized spacial score (nSPS) is 21.3. The summed E-state index contributed by atoms with van der Waals surface area (Å²) < 4.78 is 11.4. The van der Waals surface area contributed by atoms with Gasteiger partial charge in [0.05, 0.1) is 33.8 Å². The van der Waals surface area contributed by atoms with Gasteiger partial charge in [-0.1, -0.05) is 0 Å². The van der Waals surface area contributed by atoms with E-state index in [9.17, 15) is 14.4 Å². The number of anilines is 2. The molecule has 32 heavy (non-hydrogen) atoms. The summed E-state index contributed by atoms with van der Waals surface area (Å²) in [6, 6.07) is 8.80. The highest BCUT2D eigenvalue weighted by atomic mass is 79.9. The number of aryl methyl sites for hydroxylation is 1. The molecule has 0 saturated carbocycles. The molecule has 2 aliphatic rings. The second-order valence-corrected chi connectivity index (χ2v) is 10.2. The van der Waals surface area contributed by atoms with Crippen molar-refractivity contribution in [2.24, 2.45) is 5.92 Å². The zero-order valence-electron chi connectivity index (χ0n) is 17.8. The summed E-state index contributed by atoms with van der Waals surface area (Å²) in [5.74, 6) is -0.862. The van der Waals surface area contributed by atoms with Gasteiger partial charge in [-0.2, -0.15) is 0 Å². The van der Waals surface area contributed by atoms with Crippen LogP contribution >= 0.6 is 27.3 Å². The van der Waals surface area contributed by atoms with Gasteiger partial charge in [-0.05, 0) is 58.7 Å². The molecule has 0 bridgehead atoms. The monoisotopic (exact) mass is 521 g/mol. The number of methoxy groups -OCH3 is 1. The van der Waals surface area contributed by atoms with Crippen LogP contribution in [-0.2, 0) is 19.1 Å². The Morgan fingerprint density at radius 2 is 2.09 bits per heavy atom. The summed E-state index contributed by atoms with van der Waals surface area (Å²) in [5.41, 5.74) is 2.44. The Bertz CT molecular complexity index is 1040. The van der Waals surface area contributed by atoms with E-state index in [-0.39, 0.29) is 37.0 Å². The van der Waals surface area contributed by atoms with Gasteiger partial charge in [0.15, 0.2) is 0 Å². The summed E-state index contributed by atoms with van der Waals surface area (Å²) >= 11 is 4.71. The van der Waals surface area contributed by atoms with Crippen LogP contribution in [0.5, 0.6) is 0 Å². The van der Waals surface area contributed by atoms with E-state index in [4.69, 9.17) is 9.47 Å². The van der Waals surface area contributed by atoms with Crippen LogP contribution in [0.3, 0.4) is 0 Å². The van der Waals surface area contributed by atoms with Crippen LogP contribution in [0.25, 0.3) is 0 Å². The highest BCUT2D eigenvalue weighted by Crippen LogP contribution is 2.31. The van der Waals surface area contributed by atoms with E-state index in [1.807, 2.05) is 31.2 Å². The number of morpholine rings is 1. The first-order valence-electron chi connectivity index (χ1n) is 10.2. The minimum Gasteiger partial charge on any atom is -0.384 e. The molecule has 10 heteroatoms. The van der Waals surface area contributed by atoms with Crippen molar-refractivity contribution < 1.29 is 23.9 Å². The maximum atomic E-state index is 13.2. The number of ether oxygens (including phenoxy) is 2. The number of halogens is 1. The molecule has 2 aliphatic heterocycles. The van der Waals surface area contributed by atoms with E-state index in [0.717, 1.165) is 20.7 Å². The molecule has 1 N–H and O–H groups in total. The van der Waals surface area contributed by atoms with E-state index in [2.05, 4.69) is 21.2 Å². The van der Waals surface area contributed by atoms with Crippen LogP contribution in [0.2, 0.25) is 0 Å². The smallest absolute Gasteiger partial charge is 0.261 e. The molecule has 0 unspecified atom stereocenters. The van der Waals surface area contributed by atoms with E-state index >= 15 is 0 Å². The SMILES string of the molecule is COC[C@@H]1C(=O)N(c2ccc(N3CCOCC3=O)c(C)c2)C[C@@H]1NC(=O)c1ccc(Br)s1. The molecule has 0 spiro atoms. The number of hydrogen-bond donors (Lipinski definition) is 1. The van der Waals surface area contributed by atoms with Gasteiger partial charge in [0.1, 0.15) is 6.61 Å². The lowest BCUT2D eigenvalue weighted by Gasteiger charge is -2.29. The molecule has 2 saturated heterocycles. The molecule has 0 radical (unpaired) electrons. The summed E-state index contributed by atoms with van der Waals surface area (Å²) in [6.45, 7) is 3.56. The number of carbonyl (C=O) groups is 3. The molecule has 1 aromatic carbocycles. The molecule has 8 nitrogen and oxygen atoms in total. The van der Waals surface area contributed by atoms with E-state index < -0.39 is 5.92 Å². The van der Waals surface area contributed by atoms with Crippen molar-refractivity contribution >= 4 is 56.4 Å². The van der Waals surface area contributed by atoms with Crippen LogP contribution in [0, 0.1) is 12.8 Å². The first kappa shape index (κ1) is 22.9. The molecule has 1 aromatic heterocycles. The van der Waals surface area contributed by atoms with E-state index in [1.54, 1.807) is 23.0 Å². The Morgan fingerprint density at radius 3 is 2.75 bits per heavy atom. The number of hydrogen-bond acceptors (Lipinski definition) is 6. The second kappa shape index (κ2) is 9.70. The third-order valence-electron chi connectivity index (χ3n) is 5.68. The Labute approximate surface area is 198 Å². The molecule has 2 aromatic rings. The molecule has 2 atom stereocenters. The van der Waals surface area contributed by atoms with Crippen molar-refractivity contribution in [3.05, 3.63) is 44.6 Å². The average Bonchev–Trinajstić information content (AvgIpc) is 3.33. The maximum Gasteiger partial charge on any atom is 0.261 e. The van der Waals surface area contributed by atoms with Gasteiger partial charge in [0, 0.05) is 31.6 Å². The Hall–Kier alpha value is -2.27. The number of nitrogens with zero attached hydrogens (tertiary/aromatic N) is 2. The van der Waals surface area contributed by atoms with Gasteiger partial charge in [0.25, 0.3) is 11.8 Å². The first-order valence-corrected chi connectivity index (χ1v) is 11.8. The number of benzene rings is 1. The predicted molar refractivity (Wildman–Crippen MR) is 125 cm³/mol. The molecular weight excluding hydrogens is 498 g/mol. The van der Waals surface area contributed by atoms with Crippen molar-refractivity contribution in [2.75, 3.05) is 49.8 Å². The summed E-state index contributed by atoms with van der Waals surface area (Å²) in [5, 5.41) is 3.00.